The Bertz CT molecular complexity index is 606. The summed E-state index contributed by atoms with van der Waals surface area (Å²) >= 11 is 1.83. The highest BCUT2D eigenvalue weighted by Crippen LogP contribution is 2.36. The summed E-state index contributed by atoms with van der Waals surface area (Å²) in [5, 5.41) is 5.53. The summed E-state index contributed by atoms with van der Waals surface area (Å²) in [5.74, 6) is 0.696. The van der Waals surface area contributed by atoms with E-state index in [2.05, 4.69) is 37.7 Å². The molecule has 116 valence electrons. The highest BCUT2D eigenvalue weighted by atomic mass is 32.1. The van der Waals surface area contributed by atoms with Crippen LogP contribution in [0.5, 0.6) is 0 Å². The van der Waals surface area contributed by atoms with Crippen molar-refractivity contribution < 1.29 is 4.74 Å². The molecule has 0 radical (unpaired) electrons. The van der Waals surface area contributed by atoms with Crippen molar-refractivity contribution in [2.45, 2.75) is 31.0 Å². The van der Waals surface area contributed by atoms with E-state index in [1.165, 1.54) is 4.88 Å². The van der Waals surface area contributed by atoms with Crippen LogP contribution >= 0.6 is 11.3 Å². The molecule has 0 saturated carbocycles. The average Bonchev–Trinajstić information content (AvgIpc) is 3.25. The largest absolute Gasteiger partial charge is 0.371 e. The fourth-order valence-electron chi connectivity index (χ4n) is 3.46. The van der Waals surface area contributed by atoms with Gasteiger partial charge < -0.3 is 10.1 Å². The average molecular weight is 316 g/mol. The number of nitrogens with zero attached hydrogens (tertiary/aromatic N) is 3. The Morgan fingerprint density at radius 1 is 1.36 bits per heavy atom. The van der Waals surface area contributed by atoms with Gasteiger partial charge in [-0.2, -0.15) is 0 Å². The van der Waals surface area contributed by atoms with Crippen LogP contribution in [-0.4, -0.2) is 46.2 Å². The molecule has 5 nitrogen and oxygen atoms in total. The summed E-state index contributed by atoms with van der Waals surface area (Å²) in [7, 11) is 0. The van der Waals surface area contributed by atoms with Gasteiger partial charge in [-0.05, 0) is 23.9 Å². The van der Waals surface area contributed by atoms with Crippen molar-refractivity contribution in [1.29, 1.82) is 0 Å². The van der Waals surface area contributed by atoms with E-state index in [4.69, 9.17) is 4.74 Å². The van der Waals surface area contributed by atoms with Gasteiger partial charge in [-0.25, -0.2) is 9.97 Å². The summed E-state index contributed by atoms with van der Waals surface area (Å²) in [6, 6.07) is 6.47. The zero-order chi connectivity index (χ0) is 14.8. The van der Waals surface area contributed by atoms with Crippen LogP contribution in [0.15, 0.2) is 36.0 Å². The Labute approximate surface area is 134 Å². The summed E-state index contributed by atoms with van der Waals surface area (Å²) < 4.78 is 6.18. The first-order chi connectivity index (χ1) is 10.8. The van der Waals surface area contributed by atoms with Crippen LogP contribution in [0, 0.1) is 0 Å². The van der Waals surface area contributed by atoms with Crippen molar-refractivity contribution in [1.82, 2.24) is 14.9 Å². The maximum absolute atomic E-state index is 6.18. The molecule has 1 N–H and O–H groups in total. The number of thiophene rings is 1. The normalized spacial score (nSPS) is 28.5. The van der Waals surface area contributed by atoms with Crippen molar-refractivity contribution in [3.63, 3.8) is 0 Å². The van der Waals surface area contributed by atoms with Crippen LogP contribution in [0.25, 0.3) is 0 Å². The molecule has 4 rings (SSSR count). The summed E-state index contributed by atoms with van der Waals surface area (Å²) in [6.07, 6.45) is 5.68. The highest BCUT2D eigenvalue weighted by Gasteiger charge is 2.45. The Kier molecular flexibility index (Phi) is 3.82. The number of aromatic nitrogens is 2. The first kappa shape index (κ1) is 14.1. The van der Waals surface area contributed by atoms with E-state index in [1.807, 2.05) is 17.4 Å². The van der Waals surface area contributed by atoms with Gasteiger partial charge in [0.25, 0.3) is 0 Å². The van der Waals surface area contributed by atoms with Crippen molar-refractivity contribution in [3.05, 3.63) is 40.8 Å². The second-order valence-corrected chi connectivity index (χ2v) is 7.18. The van der Waals surface area contributed by atoms with Gasteiger partial charge in [-0.1, -0.05) is 6.07 Å². The van der Waals surface area contributed by atoms with Gasteiger partial charge in [0.05, 0.1) is 18.2 Å². The molecule has 2 aromatic heterocycles. The van der Waals surface area contributed by atoms with Crippen LogP contribution in [0.4, 0.5) is 5.95 Å². The van der Waals surface area contributed by atoms with Gasteiger partial charge in [0, 0.05) is 43.3 Å². The lowest BCUT2D eigenvalue weighted by atomic mass is 9.97. The molecule has 0 bridgehead atoms. The van der Waals surface area contributed by atoms with E-state index in [-0.39, 0.29) is 5.60 Å². The molecule has 2 saturated heterocycles. The van der Waals surface area contributed by atoms with Gasteiger partial charge in [0.2, 0.25) is 5.95 Å². The minimum atomic E-state index is 0.0176. The third-order valence-corrected chi connectivity index (χ3v) is 5.32. The van der Waals surface area contributed by atoms with E-state index in [1.54, 1.807) is 12.4 Å². The van der Waals surface area contributed by atoms with Crippen molar-refractivity contribution in [2.75, 3.05) is 25.0 Å². The molecule has 2 aliphatic heterocycles. The van der Waals surface area contributed by atoms with Gasteiger partial charge in [-0.15, -0.1) is 11.3 Å². The van der Waals surface area contributed by atoms with Gasteiger partial charge in [0.15, 0.2) is 0 Å². The Morgan fingerprint density at radius 2 is 2.27 bits per heavy atom. The SMILES string of the molecule is c1cnc(N[C@H]2CO[C@]3(CCN(Cc4cccs4)C3)C2)nc1. The Balaban J connectivity index is 1.34. The molecular weight excluding hydrogens is 296 g/mol. The van der Waals surface area contributed by atoms with Crippen LogP contribution in [0.2, 0.25) is 0 Å². The number of hydrogen-bond acceptors (Lipinski definition) is 6. The third-order valence-electron chi connectivity index (χ3n) is 4.46. The Hall–Kier alpha value is -1.50. The fraction of sp³-hybridized carbons (Fsp3) is 0.500. The topological polar surface area (TPSA) is 50.3 Å². The van der Waals surface area contributed by atoms with Gasteiger partial charge >= 0.3 is 0 Å². The minimum Gasteiger partial charge on any atom is -0.371 e. The highest BCUT2D eigenvalue weighted by molar-refractivity contribution is 7.09. The van der Waals surface area contributed by atoms with Gasteiger partial charge in [0.1, 0.15) is 0 Å². The second kappa shape index (κ2) is 5.95. The molecule has 0 unspecified atom stereocenters. The summed E-state index contributed by atoms with van der Waals surface area (Å²) in [5.41, 5.74) is 0.0176. The van der Waals surface area contributed by atoms with Crippen LogP contribution < -0.4 is 5.32 Å². The Morgan fingerprint density at radius 3 is 3.09 bits per heavy atom. The monoisotopic (exact) mass is 316 g/mol. The molecule has 2 aromatic rings. The molecule has 22 heavy (non-hydrogen) atoms. The lowest BCUT2D eigenvalue weighted by molar-refractivity contribution is 0.0120. The zero-order valence-corrected chi connectivity index (χ0v) is 13.3. The number of ether oxygens (including phenoxy) is 1. The van der Waals surface area contributed by atoms with Crippen LogP contribution in [0.3, 0.4) is 0 Å². The minimum absolute atomic E-state index is 0.0176. The van der Waals surface area contributed by atoms with Crippen LogP contribution in [-0.2, 0) is 11.3 Å². The predicted octanol–water partition coefficient (Wildman–Crippen LogP) is 2.38. The van der Waals surface area contributed by atoms with E-state index >= 15 is 0 Å². The molecular formula is C16H20N4OS. The number of anilines is 1. The van der Waals surface area contributed by atoms with E-state index in [0.717, 1.165) is 39.1 Å². The first-order valence-electron chi connectivity index (χ1n) is 7.74. The molecule has 1 spiro atoms. The molecule has 6 heteroatoms. The summed E-state index contributed by atoms with van der Waals surface area (Å²) in [6.45, 7) is 3.93. The van der Waals surface area contributed by atoms with E-state index in [0.29, 0.717) is 12.0 Å². The second-order valence-electron chi connectivity index (χ2n) is 6.15. The number of rotatable bonds is 4. The molecule has 2 atom stereocenters. The lowest BCUT2D eigenvalue weighted by Crippen LogP contribution is -2.33. The molecule has 2 aliphatic rings. The molecule has 0 aliphatic carbocycles. The number of hydrogen-bond donors (Lipinski definition) is 1. The molecule has 4 heterocycles. The maximum atomic E-state index is 6.18. The van der Waals surface area contributed by atoms with Crippen molar-refractivity contribution >= 4 is 17.3 Å². The predicted molar refractivity (Wildman–Crippen MR) is 87.0 cm³/mol. The lowest BCUT2D eigenvalue weighted by Gasteiger charge is -2.23. The zero-order valence-electron chi connectivity index (χ0n) is 12.4. The summed E-state index contributed by atoms with van der Waals surface area (Å²) in [4.78, 5) is 12.4. The fourth-order valence-corrected chi connectivity index (χ4v) is 4.21. The molecule has 2 fully saturated rings. The van der Waals surface area contributed by atoms with Crippen molar-refractivity contribution in [3.8, 4) is 0 Å². The number of likely N-dealkylation sites (tertiary alicyclic amines) is 1. The van der Waals surface area contributed by atoms with E-state index < -0.39 is 0 Å². The third kappa shape index (κ3) is 2.99. The number of nitrogens with one attached hydrogen (secondary N) is 1. The van der Waals surface area contributed by atoms with Crippen molar-refractivity contribution in [2.24, 2.45) is 0 Å². The maximum Gasteiger partial charge on any atom is 0.222 e. The molecule has 0 amide bonds. The van der Waals surface area contributed by atoms with Gasteiger partial charge in [-0.3, -0.25) is 4.90 Å². The smallest absolute Gasteiger partial charge is 0.222 e. The molecule has 0 aromatic carbocycles. The quantitative estimate of drug-likeness (QED) is 0.938. The standard InChI is InChI=1S/C16H20N4OS/c1-3-14(22-8-1)10-20-7-4-16(12-20)9-13(11-21-16)19-15-17-5-2-6-18-15/h1-3,5-6,8,13H,4,7,9-12H2,(H,17,18,19)/t13-,16-/m1/s1. The van der Waals surface area contributed by atoms with Crippen LogP contribution in [0.1, 0.15) is 17.7 Å². The first-order valence-corrected chi connectivity index (χ1v) is 8.62. The van der Waals surface area contributed by atoms with E-state index in [9.17, 15) is 0 Å².